The highest BCUT2D eigenvalue weighted by Crippen LogP contribution is 2.34. The normalized spacial score (nSPS) is 12.4. The molecular formula is C17H22BrNO2. The van der Waals surface area contributed by atoms with Crippen molar-refractivity contribution in [3.63, 3.8) is 0 Å². The van der Waals surface area contributed by atoms with Crippen molar-refractivity contribution in [2.75, 3.05) is 13.7 Å². The van der Waals surface area contributed by atoms with Crippen molar-refractivity contribution in [2.24, 2.45) is 0 Å². The summed E-state index contributed by atoms with van der Waals surface area (Å²) >= 11 is 3.49. The van der Waals surface area contributed by atoms with Crippen molar-refractivity contribution < 1.29 is 9.15 Å². The van der Waals surface area contributed by atoms with Gasteiger partial charge in [-0.2, -0.15) is 0 Å². The molecule has 4 heteroatoms. The summed E-state index contributed by atoms with van der Waals surface area (Å²) in [5, 5.41) is 3.60. The summed E-state index contributed by atoms with van der Waals surface area (Å²) in [6.07, 6.45) is 1.07. The topological polar surface area (TPSA) is 34.4 Å². The van der Waals surface area contributed by atoms with E-state index in [1.54, 1.807) is 7.11 Å². The molecule has 1 atom stereocenters. The Morgan fingerprint density at radius 1 is 1.24 bits per heavy atom. The van der Waals surface area contributed by atoms with Crippen LogP contribution in [-0.4, -0.2) is 13.7 Å². The molecule has 2 rings (SSSR count). The first-order valence-electron chi connectivity index (χ1n) is 7.20. The van der Waals surface area contributed by atoms with Crippen LogP contribution in [0.3, 0.4) is 0 Å². The summed E-state index contributed by atoms with van der Waals surface area (Å²) in [6, 6.07) is 8.31. The molecule has 0 bridgehead atoms. The van der Waals surface area contributed by atoms with Gasteiger partial charge < -0.3 is 14.5 Å². The molecule has 0 fully saturated rings. The third-order valence-electron chi connectivity index (χ3n) is 3.50. The Balaban J connectivity index is 2.47. The highest BCUT2D eigenvalue weighted by molar-refractivity contribution is 9.10. The lowest BCUT2D eigenvalue weighted by Crippen LogP contribution is -2.24. The first-order chi connectivity index (χ1) is 10.1. The molecule has 114 valence electrons. The predicted molar refractivity (Wildman–Crippen MR) is 89.0 cm³/mol. The van der Waals surface area contributed by atoms with Gasteiger partial charge in [0.1, 0.15) is 17.3 Å². The van der Waals surface area contributed by atoms with E-state index in [-0.39, 0.29) is 6.04 Å². The van der Waals surface area contributed by atoms with Gasteiger partial charge in [0.15, 0.2) is 0 Å². The molecule has 0 aliphatic heterocycles. The molecule has 2 aromatic rings. The molecule has 0 spiro atoms. The molecular weight excluding hydrogens is 330 g/mol. The number of ether oxygens (including phenoxy) is 1. The van der Waals surface area contributed by atoms with Crippen LogP contribution in [0.5, 0.6) is 5.75 Å². The third kappa shape index (κ3) is 3.69. The maximum absolute atomic E-state index is 5.70. The monoisotopic (exact) mass is 351 g/mol. The minimum atomic E-state index is 0.0745. The molecule has 0 saturated carbocycles. The number of benzene rings is 1. The van der Waals surface area contributed by atoms with Crippen molar-refractivity contribution in [1.82, 2.24) is 5.32 Å². The van der Waals surface area contributed by atoms with E-state index >= 15 is 0 Å². The average Bonchev–Trinajstić information content (AvgIpc) is 2.79. The van der Waals surface area contributed by atoms with Crippen molar-refractivity contribution in [1.29, 1.82) is 0 Å². The molecule has 0 aliphatic rings. The quantitative estimate of drug-likeness (QED) is 0.814. The average molecular weight is 352 g/mol. The van der Waals surface area contributed by atoms with Gasteiger partial charge in [0.25, 0.3) is 0 Å². The summed E-state index contributed by atoms with van der Waals surface area (Å²) in [6.45, 7) is 7.09. The number of rotatable bonds is 6. The van der Waals surface area contributed by atoms with Crippen molar-refractivity contribution in [2.45, 2.75) is 33.2 Å². The zero-order valence-electron chi connectivity index (χ0n) is 13.0. The molecule has 1 N–H and O–H groups in total. The highest BCUT2D eigenvalue weighted by Gasteiger charge is 2.22. The van der Waals surface area contributed by atoms with E-state index in [4.69, 9.17) is 9.15 Å². The summed E-state index contributed by atoms with van der Waals surface area (Å²) in [7, 11) is 1.70. The van der Waals surface area contributed by atoms with Crippen LogP contribution in [0, 0.1) is 13.8 Å². The van der Waals surface area contributed by atoms with Gasteiger partial charge in [0.05, 0.1) is 13.2 Å². The van der Waals surface area contributed by atoms with Crippen LogP contribution in [0.15, 0.2) is 33.2 Å². The maximum Gasteiger partial charge on any atom is 0.125 e. The Morgan fingerprint density at radius 2 is 2.00 bits per heavy atom. The van der Waals surface area contributed by atoms with Crippen LogP contribution in [0.4, 0.5) is 0 Å². The fourth-order valence-corrected chi connectivity index (χ4v) is 2.88. The lowest BCUT2D eigenvalue weighted by atomic mass is 9.97. The predicted octanol–water partition coefficient (Wildman–Crippen LogP) is 4.76. The number of hydrogen-bond acceptors (Lipinski definition) is 3. The molecule has 0 radical (unpaired) electrons. The van der Waals surface area contributed by atoms with Crippen LogP contribution in [0.2, 0.25) is 0 Å². The molecule has 1 aromatic heterocycles. The Kier molecular flexibility index (Phi) is 5.48. The minimum absolute atomic E-state index is 0.0745. The number of methoxy groups -OCH3 is 1. The lowest BCUT2D eigenvalue weighted by Gasteiger charge is -2.21. The number of nitrogens with one attached hydrogen (secondary N) is 1. The van der Waals surface area contributed by atoms with E-state index in [0.717, 1.165) is 40.3 Å². The standard InChI is InChI=1S/C17H22BrNO2/c1-5-8-19-17(15-9-11(2)21-12(15)3)14-7-6-13(18)10-16(14)20-4/h6-7,9-10,17,19H,5,8H2,1-4H3. The fraction of sp³-hybridized carbons (Fsp3) is 0.412. The van der Waals surface area contributed by atoms with Gasteiger partial charge in [-0.1, -0.05) is 28.9 Å². The van der Waals surface area contributed by atoms with E-state index < -0.39 is 0 Å². The zero-order valence-corrected chi connectivity index (χ0v) is 14.6. The summed E-state index contributed by atoms with van der Waals surface area (Å²) in [5.41, 5.74) is 2.29. The molecule has 1 unspecified atom stereocenters. The van der Waals surface area contributed by atoms with Gasteiger partial charge in [-0.25, -0.2) is 0 Å². The fourth-order valence-electron chi connectivity index (χ4n) is 2.54. The van der Waals surface area contributed by atoms with E-state index in [2.05, 4.69) is 40.3 Å². The third-order valence-corrected chi connectivity index (χ3v) is 3.99. The zero-order chi connectivity index (χ0) is 15.4. The molecule has 0 saturated heterocycles. The Bertz CT molecular complexity index is 607. The van der Waals surface area contributed by atoms with E-state index in [1.807, 2.05) is 26.0 Å². The van der Waals surface area contributed by atoms with Crippen LogP contribution in [0.1, 0.15) is 42.0 Å². The first kappa shape index (κ1) is 16.1. The minimum Gasteiger partial charge on any atom is -0.496 e. The van der Waals surface area contributed by atoms with Crippen LogP contribution < -0.4 is 10.1 Å². The van der Waals surface area contributed by atoms with Crippen LogP contribution in [-0.2, 0) is 0 Å². The van der Waals surface area contributed by atoms with E-state index in [0.29, 0.717) is 0 Å². The van der Waals surface area contributed by atoms with E-state index in [9.17, 15) is 0 Å². The van der Waals surface area contributed by atoms with Crippen molar-refractivity contribution in [3.8, 4) is 5.75 Å². The number of hydrogen-bond donors (Lipinski definition) is 1. The summed E-state index contributed by atoms with van der Waals surface area (Å²) < 4.78 is 12.3. The maximum atomic E-state index is 5.70. The summed E-state index contributed by atoms with van der Waals surface area (Å²) in [4.78, 5) is 0. The molecule has 21 heavy (non-hydrogen) atoms. The first-order valence-corrected chi connectivity index (χ1v) is 7.99. The largest absolute Gasteiger partial charge is 0.496 e. The van der Waals surface area contributed by atoms with Gasteiger partial charge in [-0.3, -0.25) is 0 Å². The molecule has 0 aliphatic carbocycles. The second-order valence-corrected chi connectivity index (χ2v) is 6.06. The number of aryl methyl sites for hydroxylation is 2. The van der Waals surface area contributed by atoms with Crippen molar-refractivity contribution >= 4 is 15.9 Å². The lowest BCUT2D eigenvalue weighted by molar-refractivity contribution is 0.403. The SMILES string of the molecule is CCCNC(c1ccc(Br)cc1OC)c1cc(C)oc1C. The van der Waals surface area contributed by atoms with Crippen LogP contribution >= 0.6 is 15.9 Å². The van der Waals surface area contributed by atoms with E-state index in [1.165, 1.54) is 5.56 Å². The Morgan fingerprint density at radius 3 is 2.57 bits per heavy atom. The molecule has 1 aromatic carbocycles. The van der Waals surface area contributed by atoms with Crippen molar-refractivity contribution in [3.05, 3.63) is 51.4 Å². The molecule has 1 heterocycles. The Labute approximate surface area is 134 Å². The van der Waals surface area contributed by atoms with Gasteiger partial charge in [-0.05, 0) is 45.0 Å². The second kappa shape index (κ2) is 7.14. The smallest absolute Gasteiger partial charge is 0.125 e. The Hall–Kier alpha value is -1.26. The summed E-state index contributed by atoms with van der Waals surface area (Å²) in [5.74, 6) is 2.75. The molecule has 3 nitrogen and oxygen atoms in total. The van der Waals surface area contributed by atoms with Gasteiger partial charge in [-0.15, -0.1) is 0 Å². The highest BCUT2D eigenvalue weighted by atomic mass is 79.9. The van der Waals surface area contributed by atoms with Gasteiger partial charge in [0, 0.05) is 15.6 Å². The van der Waals surface area contributed by atoms with Gasteiger partial charge in [0.2, 0.25) is 0 Å². The molecule has 0 amide bonds. The van der Waals surface area contributed by atoms with Crippen LogP contribution in [0.25, 0.3) is 0 Å². The second-order valence-electron chi connectivity index (χ2n) is 5.14. The number of furan rings is 1. The van der Waals surface area contributed by atoms with Gasteiger partial charge >= 0.3 is 0 Å². The number of halogens is 1.